The van der Waals surface area contributed by atoms with E-state index in [1.54, 1.807) is 18.3 Å². The summed E-state index contributed by atoms with van der Waals surface area (Å²) in [6, 6.07) is 14.2. The summed E-state index contributed by atoms with van der Waals surface area (Å²) >= 11 is 8.86. The maximum Gasteiger partial charge on any atom is 0.170 e. The minimum atomic E-state index is -0.331. The van der Waals surface area contributed by atoms with Gasteiger partial charge in [0.15, 0.2) is 5.11 Å². The maximum absolute atomic E-state index is 14.4. The number of nitrogens with one attached hydrogen (secondary N) is 1. The number of rotatable bonds is 5. The highest BCUT2D eigenvalue weighted by Gasteiger charge is 2.41. The summed E-state index contributed by atoms with van der Waals surface area (Å²) in [4.78, 5) is 6.62. The summed E-state index contributed by atoms with van der Waals surface area (Å²) in [5.41, 5.74) is 1.32. The number of pyridine rings is 1. The zero-order valence-corrected chi connectivity index (χ0v) is 17.6. The van der Waals surface area contributed by atoms with Crippen molar-refractivity contribution >= 4 is 33.3 Å². The predicted molar refractivity (Wildman–Crippen MR) is 114 cm³/mol. The standard InChI is InChI=1S/C21H19BrFN3OS/c1-2-11-26-20(19(25-21(26)28)16-5-3-4-10-24-16)18-9-8-17(27-18)14-7-6-13(22)12-15(14)23/h3-10,12,19-20H,2,11H2,1H3,(H,25,28)/t19-,20+/m1/s1. The summed E-state index contributed by atoms with van der Waals surface area (Å²) < 4.78 is 21.2. The molecule has 4 nitrogen and oxygen atoms in total. The molecule has 0 bridgehead atoms. The van der Waals surface area contributed by atoms with Gasteiger partial charge in [0.25, 0.3) is 0 Å². The van der Waals surface area contributed by atoms with E-state index in [0.29, 0.717) is 20.9 Å². The monoisotopic (exact) mass is 459 g/mol. The van der Waals surface area contributed by atoms with Gasteiger partial charge in [0.2, 0.25) is 0 Å². The van der Waals surface area contributed by atoms with Gasteiger partial charge in [0, 0.05) is 17.2 Å². The molecule has 1 aliphatic heterocycles. The molecule has 3 heterocycles. The van der Waals surface area contributed by atoms with Crippen molar-refractivity contribution in [2.24, 2.45) is 0 Å². The van der Waals surface area contributed by atoms with Crippen LogP contribution >= 0.6 is 28.1 Å². The number of nitrogens with zero attached hydrogens (tertiary/aromatic N) is 2. The van der Waals surface area contributed by atoms with Crippen LogP contribution in [0.5, 0.6) is 0 Å². The second-order valence-corrected chi connectivity index (χ2v) is 7.95. The number of thiocarbonyl (C=S) groups is 1. The van der Waals surface area contributed by atoms with Gasteiger partial charge in [-0.1, -0.05) is 28.9 Å². The quantitative estimate of drug-likeness (QED) is 0.501. The molecule has 7 heteroatoms. The zero-order valence-electron chi connectivity index (χ0n) is 15.2. The van der Waals surface area contributed by atoms with Gasteiger partial charge in [-0.05, 0) is 61.1 Å². The van der Waals surface area contributed by atoms with Crippen LogP contribution in [0.1, 0.15) is 36.9 Å². The third-order valence-electron chi connectivity index (χ3n) is 4.78. The molecule has 0 spiro atoms. The van der Waals surface area contributed by atoms with Crippen LogP contribution in [0.4, 0.5) is 4.39 Å². The Morgan fingerprint density at radius 2 is 2.11 bits per heavy atom. The van der Waals surface area contributed by atoms with Crippen molar-refractivity contribution in [1.82, 2.24) is 15.2 Å². The predicted octanol–water partition coefficient (Wildman–Crippen LogP) is 5.63. The van der Waals surface area contributed by atoms with Crippen LogP contribution in [0.2, 0.25) is 0 Å². The zero-order chi connectivity index (χ0) is 19.7. The third kappa shape index (κ3) is 3.56. The molecule has 1 N–H and O–H groups in total. The Bertz CT molecular complexity index is 994. The van der Waals surface area contributed by atoms with E-state index in [9.17, 15) is 4.39 Å². The van der Waals surface area contributed by atoms with Crippen LogP contribution in [0, 0.1) is 5.82 Å². The molecule has 0 aliphatic carbocycles. The fourth-order valence-electron chi connectivity index (χ4n) is 3.54. The number of furan rings is 1. The van der Waals surface area contributed by atoms with E-state index in [4.69, 9.17) is 16.6 Å². The van der Waals surface area contributed by atoms with Gasteiger partial charge < -0.3 is 14.6 Å². The molecule has 28 heavy (non-hydrogen) atoms. The Kier molecular flexibility index (Phi) is 5.46. The Morgan fingerprint density at radius 3 is 2.82 bits per heavy atom. The first-order chi connectivity index (χ1) is 13.6. The minimum Gasteiger partial charge on any atom is -0.459 e. The maximum atomic E-state index is 14.4. The fourth-order valence-corrected chi connectivity index (χ4v) is 4.21. The highest BCUT2D eigenvalue weighted by Crippen LogP contribution is 2.40. The Balaban J connectivity index is 1.73. The number of hydrogen-bond donors (Lipinski definition) is 1. The lowest BCUT2D eigenvalue weighted by Crippen LogP contribution is -2.30. The average molecular weight is 460 g/mol. The van der Waals surface area contributed by atoms with Crippen LogP contribution < -0.4 is 5.32 Å². The summed E-state index contributed by atoms with van der Waals surface area (Å²) in [6.45, 7) is 2.90. The van der Waals surface area contributed by atoms with E-state index in [2.05, 4.69) is 38.1 Å². The van der Waals surface area contributed by atoms with E-state index >= 15 is 0 Å². The van der Waals surface area contributed by atoms with Crippen LogP contribution in [-0.4, -0.2) is 21.5 Å². The summed E-state index contributed by atoms with van der Waals surface area (Å²) in [5.74, 6) is 0.893. The average Bonchev–Trinajstić information content (AvgIpc) is 3.28. The molecule has 0 radical (unpaired) electrons. The molecule has 0 amide bonds. The van der Waals surface area contributed by atoms with Gasteiger partial charge in [0.05, 0.1) is 17.3 Å². The minimum absolute atomic E-state index is 0.131. The van der Waals surface area contributed by atoms with Crippen molar-refractivity contribution in [2.45, 2.75) is 25.4 Å². The number of hydrogen-bond acceptors (Lipinski definition) is 3. The van der Waals surface area contributed by atoms with Crippen molar-refractivity contribution in [3.63, 3.8) is 0 Å². The molecule has 4 rings (SSSR count). The van der Waals surface area contributed by atoms with E-state index < -0.39 is 0 Å². The molecule has 144 valence electrons. The van der Waals surface area contributed by atoms with Crippen LogP contribution in [-0.2, 0) is 0 Å². The van der Waals surface area contributed by atoms with Gasteiger partial charge in [0.1, 0.15) is 23.4 Å². The van der Waals surface area contributed by atoms with Crippen molar-refractivity contribution in [3.05, 3.63) is 76.5 Å². The van der Waals surface area contributed by atoms with Gasteiger partial charge in [-0.15, -0.1) is 0 Å². The van der Waals surface area contributed by atoms with Crippen molar-refractivity contribution in [1.29, 1.82) is 0 Å². The van der Waals surface area contributed by atoms with E-state index in [0.717, 1.165) is 24.4 Å². The molecular formula is C21H19BrFN3OS. The van der Waals surface area contributed by atoms with Crippen molar-refractivity contribution in [2.75, 3.05) is 6.54 Å². The van der Waals surface area contributed by atoms with Crippen molar-refractivity contribution in [3.8, 4) is 11.3 Å². The first-order valence-electron chi connectivity index (χ1n) is 9.11. The molecule has 3 aromatic rings. The number of halogens is 2. The second kappa shape index (κ2) is 8.01. The molecule has 2 aromatic heterocycles. The first-order valence-corrected chi connectivity index (χ1v) is 10.3. The first kappa shape index (κ1) is 19.1. The van der Waals surface area contributed by atoms with Gasteiger partial charge in [-0.25, -0.2) is 4.39 Å². The van der Waals surface area contributed by atoms with Crippen molar-refractivity contribution < 1.29 is 8.81 Å². The van der Waals surface area contributed by atoms with Gasteiger partial charge in [-0.2, -0.15) is 0 Å². The topological polar surface area (TPSA) is 41.3 Å². The molecular weight excluding hydrogens is 441 g/mol. The molecule has 1 aromatic carbocycles. The molecule has 0 saturated carbocycles. The third-order valence-corrected chi connectivity index (χ3v) is 5.62. The smallest absolute Gasteiger partial charge is 0.170 e. The van der Waals surface area contributed by atoms with Crippen LogP contribution in [0.15, 0.2) is 63.6 Å². The lowest BCUT2D eigenvalue weighted by atomic mass is 10.0. The van der Waals surface area contributed by atoms with E-state index in [1.807, 2.05) is 30.3 Å². The SMILES string of the molecule is CCCN1C(=S)N[C@H](c2ccccn2)[C@@H]1c1ccc(-c2ccc(Br)cc2F)o1. The molecule has 0 unspecified atom stereocenters. The highest BCUT2D eigenvalue weighted by atomic mass is 79.9. The molecule has 1 aliphatic rings. The van der Waals surface area contributed by atoms with Gasteiger partial charge in [-0.3, -0.25) is 4.98 Å². The van der Waals surface area contributed by atoms with Gasteiger partial charge >= 0.3 is 0 Å². The Hall–Kier alpha value is -2.25. The van der Waals surface area contributed by atoms with E-state index in [1.165, 1.54) is 6.07 Å². The van der Waals surface area contributed by atoms with E-state index in [-0.39, 0.29) is 17.9 Å². The Morgan fingerprint density at radius 1 is 1.25 bits per heavy atom. The summed E-state index contributed by atoms with van der Waals surface area (Å²) in [5, 5.41) is 4.05. The largest absolute Gasteiger partial charge is 0.459 e. The van der Waals surface area contributed by atoms with Crippen LogP contribution in [0.25, 0.3) is 11.3 Å². The highest BCUT2D eigenvalue weighted by molar-refractivity contribution is 9.10. The van der Waals surface area contributed by atoms with Crippen LogP contribution in [0.3, 0.4) is 0 Å². The summed E-state index contributed by atoms with van der Waals surface area (Å²) in [6.07, 6.45) is 2.71. The molecule has 1 fully saturated rings. The fraction of sp³-hybridized carbons (Fsp3) is 0.238. The lowest BCUT2D eigenvalue weighted by Gasteiger charge is -2.25. The summed E-state index contributed by atoms with van der Waals surface area (Å²) in [7, 11) is 0. The normalized spacial score (nSPS) is 19.1. The second-order valence-electron chi connectivity index (χ2n) is 6.65. The Labute approximate surface area is 176 Å². The lowest BCUT2D eigenvalue weighted by molar-refractivity contribution is 0.275. The molecule has 1 saturated heterocycles. The number of aromatic nitrogens is 1. The number of benzene rings is 1. The molecule has 2 atom stereocenters.